The van der Waals surface area contributed by atoms with E-state index in [2.05, 4.69) is 52.9 Å². The van der Waals surface area contributed by atoms with E-state index in [1.54, 1.807) is 0 Å². The number of carbonyl (C=O) groups excluding carboxylic acids is 2. The van der Waals surface area contributed by atoms with Crippen molar-refractivity contribution >= 4 is 35.1 Å². The van der Waals surface area contributed by atoms with E-state index in [0.717, 1.165) is 38.5 Å². The standard InChI is InChI=1S/C21H26N3O.C2HF3O2/c1-22-24(13-7-3-2-4-8-14-25)17-23-16-21(24)20-12-11-18-9-5-6-10-19(18)15-20;3-2(4,5)1(6)7/h5-6,9-12,14-17,22H,2-4,7-8,13H2,1H3;(H,6,7)/q+1;/p-1. The molecule has 1 unspecified atom stereocenters. The van der Waals surface area contributed by atoms with Gasteiger partial charge in [-0.1, -0.05) is 36.8 Å². The Labute approximate surface area is 184 Å². The number of aliphatic carboxylic acids is 1. The second-order valence-electron chi connectivity index (χ2n) is 7.31. The molecule has 0 bridgehead atoms. The van der Waals surface area contributed by atoms with Gasteiger partial charge in [0.15, 0.2) is 5.70 Å². The monoisotopic (exact) mass is 449 g/mol. The number of alkyl halides is 3. The largest absolute Gasteiger partial charge is 0.542 e. The highest BCUT2D eigenvalue weighted by molar-refractivity contribution is 5.86. The van der Waals surface area contributed by atoms with E-state index in [0.29, 0.717) is 11.0 Å². The molecule has 0 aromatic heterocycles. The Bertz CT molecular complexity index is 989. The first-order valence-electron chi connectivity index (χ1n) is 10.3. The lowest BCUT2D eigenvalue weighted by Gasteiger charge is -2.31. The van der Waals surface area contributed by atoms with Crippen molar-refractivity contribution in [2.45, 2.75) is 38.3 Å². The summed E-state index contributed by atoms with van der Waals surface area (Å²) in [5, 5.41) is 11.3. The number of quaternary nitrogens is 1. The fraction of sp³-hybridized carbons (Fsp3) is 0.348. The van der Waals surface area contributed by atoms with Crippen molar-refractivity contribution in [3.63, 3.8) is 0 Å². The van der Waals surface area contributed by atoms with Crippen LogP contribution in [0.1, 0.15) is 37.7 Å². The molecule has 1 heterocycles. The smallest absolute Gasteiger partial charge is 0.430 e. The number of halogens is 3. The van der Waals surface area contributed by atoms with E-state index in [9.17, 15) is 18.0 Å². The Morgan fingerprint density at radius 1 is 1.09 bits per heavy atom. The number of hydrogen-bond donors (Lipinski definition) is 1. The summed E-state index contributed by atoms with van der Waals surface area (Å²) >= 11 is 0. The lowest BCUT2D eigenvalue weighted by molar-refractivity contribution is -0.805. The number of aldehydes is 1. The summed E-state index contributed by atoms with van der Waals surface area (Å²) in [7, 11) is 1.98. The first kappa shape index (κ1) is 25.2. The summed E-state index contributed by atoms with van der Waals surface area (Å²) in [6.07, 6.45) is 4.76. The SMILES string of the molecule is CN[N+]1(CCCCCCC=O)C=NC=C1c1ccc2ccccc2c1.O=C([O-])C(F)(F)F. The van der Waals surface area contributed by atoms with Crippen molar-refractivity contribution in [3.8, 4) is 0 Å². The van der Waals surface area contributed by atoms with Gasteiger partial charge in [0, 0.05) is 19.0 Å². The summed E-state index contributed by atoms with van der Waals surface area (Å²) in [4.78, 5) is 23.6. The maximum Gasteiger partial charge on any atom is 0.430 e. The Morgan fingerprint density at radius 2 is 1.75 bits per heavy atom. The van der Waals surface area contributed by atoms with Crippen molar-refractivity contribution in [2.24, 2.45) is 4.99 Å². The van der Waals surface area contributed by atoms with E-state index in [-0.39, 0.29) is 0 Å². The lowest BCUT2D eigenvalue weighted by Crippen LogP contribution is -2.53. The second kappa shape index (κ2) is 11.5. The predicted octanol–water partition coefficient (Wildman–Crippen LogP) is 3.58. The molecule has 3 rings (SSSR count). The van der Waals surface area contributed by atoms with Crippen LogP contribution < -0.4 is 10.5 Å². The minimum absolute atomic E-state index is 0.575. The van der Waals surface area contributed by atoms with Crippen LogP contribution in [0.25, 0.3) is 16.5 Å². The van der Waals surface area contributed by atoms with Crippen LogP contribution in [0, 0.1) is 0 Å². The second-order valence-corrected chi connectivity index (χ2v) is 7.31. The average molecular weight is 449 g/mol. The molecule has 6 nitrogen and oxygen atoms in total. The molecule has 1 atom stereocenters. The average Bonchev–Trinajstić information content (AvgIpc) is 3.20. The van der Waals surface area contributed by atoms with Crippen molar-refractivity contribution < 1.29 is 32.5 Å². The topological polar surface area (TPSA) is 81.6 Å². The van der Waals surface area contributed by atoms with E-state index >= 15 is 0 Å². The van der Waals surface area contributed by atoms with Gasteiger partial charge in [-0.25, -0.2) is 4.99 Å². The molecule has 1 N–H and O–H groups in total. The molecular weight excluding hydrogens is 423 g/mol. The highest BCUT2D eigenvalue weighted by Gasteiger charge is 2.35. The van der Waals surface area contributed by atoms with Crippen LogP contribution in [-0.2, 0) is 9.59 Å². The van der Waals surface area contributed by atoms with Crippen LogP contribution in [0.2, 0.25) is 0 Å². The van der Waals surface area contributed by atoms with Crippen LogP contribution in [0.15, 0.2) is 53.7 Å². The van der Waals surface area contributed by atoms with Gasteiger partial charge in [-0.15, -0.1) is 0 Å². The maximum absolute atomic E-state index is 10.5. The molecule has 0 saturated carbocycles. The van der Waals surface area contributed by atoms with Crippen LogP contribution in [0.3, 0.4) is 0 Å². The van der Waals surface area contributed by atoms with Crippen molar-refractivity contribution in [1.29, 1.82) is 0 Å². The normalized spacial score (nSPS) is 17.6. The number of carboxylic acids is 1. The Kier molecular flexibility index (Phi) is 9.10. The summed E-state index contributed by atoms with van der Waals surface area (Å²) in [5.74, 6) is -3.01. The third kappa shape index (κ3) is 6.73. The van der Waals surface area contributed by atoms with Gasteiger partial charge in [0.1, 0.15) is 18.8 Å². The molecular formula is C23H26F3N3O3. The summed E-state index contributed by atoms with van der Waals surface area (Å²) in [5.41, 5.74) is 5.82. The van der Waals surface area contributed by atoms with Gasteiger partial charge >= 0.3 is 6.18 Å². The quantitative estimate of drug-likeness (QED) is 0.361. The molecule has 0 amide bonds. The molecule has 9 heteroatoms. The number of unbranched alkanes of at least 4 members (excludes halogenated alkanes) is 4. The molecule has 172 valence electrons. The highest BCUT2D eigenvalue weighted by atomic mass is 19.4. The fourth-order valence-corrected chi connectivity index (χ4v) is 3.45. The van der Waals surface area contributed by atoms with Gasteiger partial charge in [-0.2, -0.15) is 23.2 Å². The number of benzene rings is 2. The van der Waals surface area contributed by atoms with Gasteiger partial charge in [-0.05, 0) is 42.2 Å². The first-order valence-corrected chi connectivity index (χ1v) is 10.3. The number of carboxylic acid groups (broad SMARTS) is 1. The summed E-state index contributed by atoms with van der Waals surface area (Å²) in [6, 6.07) is 15.0. The van der Waals surface area contributed by atoms with Crippen LogP contribution in [0.5, 0.6) is 0 Å². The molecule has 0 fully saturated rings. The zero-order valence-electron chi connectivity index (χ0n) is 17.8. The van der Waals surface area contributed by atoms with E-state index in [1.807, 2.05) is 19.6 Å². The Hall–Kier alpha value is -3.04. The Balaban J connectivity index is 0.000000451. The molecule has 0 saturated heterocycles. The van der Waals surface area contributed by atoms with E-state index in [1.165, 1.54) is 22.0 Å². The van der Waals surface area contributed by atoms with Crippen molar-refractivity contribution in [1.82, 2.24) is 5.43 Å². The molecule has 2 aromatic rings. The number of aliphatic imine (C=N–C) groups is 1. The van der Waals surface area contributed by atoms with E-state index in [4.69, 9.17) is 9.90 Å². The number of nitrogens with zero attached hydrogens (tertiary/aromatic N) is 2. The van der Waals surface area contributed by atoms with Crippen LogP contribution >= 0.6 is 0 Å². The minimum Gasteiger partial charge on any atom is -0.542 e. The van der Waals surface area contributed by atoms with Crippen molar-refractivity contribution in [3.05, 3.63) is 54.2 Å². The number of rotatable bonds is 9. The molecule has 2 aromatic carbocycles. The Morgan fingerprint density at radius 3 is 2.38 bits per heavy atom. The van der Waals surface area contributed by atoms with Crippen molar-refractivity contribution in [2.75, 3.05) is 13.6 Å². The third-order valence-corrected chi connectivity index (χ3v) is 5.15. The number of fused-ring (bicyclic) bond motifs is 1. The van der Waals surface area contributed by atoms with Gasteiger partial charge in [-0.3, -0.25) is 0 Å². The summed E-state index contributed by atoms with van der Waals surface area (Å²) in [6.45, 7) is 0.958. The molecule has 0 spiro atoms. The zero-order chi connectivity index (χ0) is 23.6. The van der Waals surface area contributed by atoms with Gasteiger partial charge in [0.25, 0.3) is 0 Å². The van der Waals surface area contributed by atoms with Gasteiger partial charge < -0.3 is 14.7 Å². The lowest BCUT2D eigenvalue weighted by atomic mass is 10.0. The predicted molar refractivity (Wildman–Crippen MR) is 115 cm³/mol. The number of nitrogens with one attached hydrogen (secondary N) is 1. The van der Waals surface area contributed by atoms with E-state index < -0.39 is 12.1 Å². The van der Waals surface area contributed by atoms with Gasteiger partial charge in [0.2, 0.25) is 6.34 Å². The van der Waals surface area contributed by atoms with Crippen LogP contribution in [-0.4, -0.2) is 43.0 Å². The maximum atomic E-state index is 10.5. The fourth-order valence-electron chi connectivity index (χ4n) is 3.45. The number of hydrogen-bond acceptors (Lipinski definition) is 5. The summed E-state index contributed by atoms with van der Waals surface area (Å²) < 4.78 is 32.1. The highest BCUT2D eigenvalue weighted by Crippen LogP contribution is 2.30. The molecule has 1 aliphatic rings. The molecule has 0 radical (unpaired) electrons. The third-order valence-electron chi connectivity index (χ3n) is 5.15. The van der Waals surface area contributed by atoms with Gasteiger partial charge in [0.05, 0.1) is 6.20 Å². The minimum atomic E-state index is -5.19. The van der Waals surface area contributed by atoms with Crippen LogP contribution in [0.4, 0.5) is 13.2 Å². The molecule has 32 heavy (non-hydrogen) atoms. The number of carbonyl (C=O) groups is 2. The molecule has 0 aliphatic carbocycles. The zero-order valence-corrected chi connectivity index (χ0v) is 17.8. The first-order chi connectivity index (χ1) is 15.2. The molecule has 1 aliphatic heterocycles.